The molecule has 2 aliphatic rings. The molecule has 2 aliphatic heterocycles. The summed E-state index contributed by atoms with van der Waals surface area (Å²) in [5.74, 6) is 0.445. The van der Waals surface area contributed by atoms with Gasteiger partial charge in [0, 0.05) is 25.7 Å². The van der Waals surface area contributed by atoms with Crippen LogP contribution < -0.4 is 5.32 Å². The summed E-state index contributed by atoms with van der Waals surface area (Å²) in [6.45, 7) is 6.35. The molecule has 0 spiro atoms. The number of benzene rings is 1. The molecule has 1 N–H and O–H groups in total. The summed E-state index contributed by atoms with van der Waals surface area (Å²) in [6.07, 6.45) is 0.950. The maximum Gasteiger partial charge on any atom is 0.243 e. The standard InChI is InChI=1S/C14H20N2O2S/c1-10-5-11(2)16(9-10)19(17,18)14-4-3-12-7-15-8-13(12)6-14/h3-4,6,10-11,15H,5,7-9H2,1-2H3. The molecule has 1 aromatic carbocycles. The number of sulfonamides is 1. The predicted molar refractivity (Wildman–Crippen MR) is 74.1 cm³/mol. The van der Waals surface area contributed by atoms with E-state index in [2.05, 4.69) is 12.2 Å². The second-order valence-corrected chi connectivity index (χ2v) is 7.69. The summed E-state index contributed by atoms with van der Waals surface area (Å²) in [6, 6.07) is 5.62. The Kier molecular flexibility index (Phi) is 3.15. The molecule has 1 aromatic rings. The van der Waals surface area contributed by atoms with Crippen molar-refractivity contribution in [1.82, 2.24) is 9.62 Å². The fraction of sp³-hybridized carbons (Fsp3) is 0.571. The first-order valence-corrected chi connectivity index (χ1v) is 8.27. The van der Waals surface area contributed by atoms with Crippen LogP contribution in [0.3, 0.4) is 0 Å². The van der Waals surface area contributed by atoms with Crippen molar-refractivity contribution in [3.05, 3.63) is 29.3 Å². The van der Waals surface area contributed by atoms with E-state index in [1.54, 1.807) is 10.4 Å². The normalized spacial score (nSPS) is 27.7. The molecule has 2 unspecified atom stereocenters. The number of fused-ring (bicyclic) bond motifs is 1. The minimum atomic E-state index is -3.34. The number of nitrogens with zero attached hydrogens (tertiary/aromatic N) is 1. The monoisotopic (exact) mass is 280 g/mol. The van der Waals surface area contributed by atoms with Crippen molar-refractivity contribution in [2.24, 2.45) is 5.92 Å². The highest BCUT2D eigenvalue weighted by molar-refractivity contribution is 7.89. The van der Waals surface area contributed by atoms with E-state index in [4.69, 9.17) is 0 Å². The molecule has 4 nitrogen and oxygen atoms in total. The van der Waals surface area contributed by atoms with Gasteiger partial charge in [-0.2, -0.15) is 4.31 Å². The second kappa shape index (κ2) is 4.58. The Morgan fingerprint density at radius 1 is 1.21 bits per heavy atom. The Hall–Kier alpha value is -0.910. The molecule has 0 amide bonds. The maximum atomic E-state index is 12.7. The average Bonchev–Trinajstić information content (AvgIpc) is 2.94. The summed E-state index contributed by atoms with van der Waals surface area (Å²) >= 11 is 0. The zero-order chi connectivity index (χ0) is 13.6. The van der Waals surface area contributed by atoms with E-state index in [0.29, 0.717) is 17.4 Å². The molecular formula is C14H20N2O2S. The van der Waals surface area contributed by atoms with Crippen molar-refractivity contribution in [1.29, 1.82) is 0 Å². The molecule has 0 aliphatic carbocycles. The van der Waals surface area contributed by atoms with Crippen molar-refractivity contribution in [3.63, 3.8) is 0 Å². The SMILES string of the molecule is CC1CC(C)N(S(=O)(=O)c2ccc3c(c2)CNC3)C1. The van der Waals surface area contributed by atoms with Gasteiger partial charge in [-0.15, -0.1) is 0 Å². The molecule has 3 rings (SSSR count). The van der Waals surface area contributed by atoms with Crippen LogP contribution in [0.1, 0.15) is 31.4 Å². The van der Waals surface area contributed by atoms with E-state index in [-0.39, 0.29) is 6.04 Å². The Labute approximate surface area is 114 Å². The molecule has 2 atom stereocenters. The Morgan fingerprint density at radius 3 is 2.63 bits per heavy atom. The van der Waals surface area contributed by atoms with Crippen LogP contribution >= 0.6 is 0 Å². The van der Waals surface area contributed by atoms with Gasteiger partial charge in [-0.1, -0.05) is 13.0 Å². The number of hydrogen-bond acceptors (Lipinski definition) is 3. The first-order chi connectivity index (χ1) is 8.98. The van der Waals surface area contributed by atoms with Gasteiger partial charge in [0.15, 0.2) is 0 Å². The molecule has 104 valence electrons. The van der Waals surface area contributed by atoms with Crippen molar-refractivity contribution in [2.75, 3.05) is 6.54 Å². The molecule has 0 saturated carbocycles. The lowest BCUT2D eigenvalue weighted by Crippen LogP contribution is -2.34. The number of nitrogens with one attached hydrogen (secondary N) is 1. The maximum absolute atomic E-state index is 12.7. The molecule has 1 saturated heterocycles. The lowest BCUT2D eigenvalue weighted by atomic mass is 10.1. The van der Waals surface area contributed by atoms with E-state index in [0.717, 1.165) is 25.1 Å². The van der Waals surface area contributed by atoms with E-state index in [1.807, 2.05) is 19.1 Å². The van der Waals surface area contributed by atoms with Crippen LogP contribution in [0, 0.1) is 5.92 Å². The minimum Gasteiger partial charge on any atom is -0.309 e. The first-order valence-electron chi connectivity index (χ1n) is 6.83. The van der Waals surface area contributed by atoms with Gasteiger partial charge in [0.1, 0.15) is 0 Å². The molecule has 2 heterocycles. The van der Waals surface area contributed by atoms with Gasteiger partial charge in [-0.3, -0.25) is 0 Å². The van der Waals surface area contributed by atoms with Gasteiger partial charge >= 0.3 is 0 Å². The zero-order valence-electron chi connectivity index (χ0n) is 11.4. The predicted octanol–water partition coefficient (Wildman–Crippen LogP) is 1.71. The number of hydrogen-bond donors (Lipinski definition) is 1. The molecule has 19 heavy (non-hydrogen) atoms. The van der Waals surface area contributed by atoms with Gasteiger partial charge in [-0.25, -0.2) is 8.42 Å². The highest BCUT2D eigenvalue weighted by Crippen LogP contribution is 2.30. The summed E-state index contributed by atoms with van der Waals surface area (Å²) in [4.78, 5) is 0.441. The highest BCUT2D eigenvalue weighted by Gasteiger charge is 2.36. The summed E-state index contributed by atoms with van der Waals surface area (Å²) in [5.41, 5.74) is 2.32. The van der Waals surface area contributed by atoms with E-state index >= 15 is 0 Å². The molecule has 0 aromatic heterocycles. The second-order valence-electron chi connectivity index (χ2n) is 5.80. The topological polar surface area (TPSA) is 49.4 Å². The van der Waals surface area contributed by atoms with Crippen LogP contribution in [0.2, 0.25) is 0 Å². The van der Waals surface area contributed by atoms with Gasteiger partial charge < -0.3 is 5.32 Å². The first kappa shape index (κ1) is 13.1. The average molecular weight is 280 g/mol. The molecule has 0 bridgehead atoms. The van der Waals surface area contributed by atoms with Crippen LogP contribution in [0.4, 0.5) is 0 Å². The third kappa shape index (κ3) is 2.20. The lowest BCUT2D eigenvalue weighted by molar-refractivity contribution is 0.405. The van der Waals surface area contributed by atoms with E-state index in [9.17, 15) is 8.42 Å². The lowest BCUT2D eigenvalue weighted by Gasteiger charge is -2.21. The fourth-order valence-electron chi connectivity index (χ4n) is 3.16. The third-order valence-corrected chi connectivity index (χ3v) is 6.12. The molecule has 0 radical (unpaired) electrons. The summed E-state index contributed by atoms with van der Waals surface area (Å²) in [7, 11) is -3.34. The Balaban J connectivity index is 1.96. The molecular weight excluding hydrogens is 260 g/mol. The van der Waals surface area contributed by atoms with Crippen LogP contribution in [-0.2, 0) is 23.1 Å². The minimum absolute atomic E-state index is 0.103. The molecule has 1 fully saturated rings. The van der Waals surface area contributed by atoms with Crippen molar-refractivity contribution in [3.8, 4) is 0 Å². The van der Waals surface area contributed by atoms with Gasteiger partial charge in [0.2, 0.25) is 10.0 Å². The Morgan fingerprint density at radius 2 is 1.95 bits per heavy atom. The van der Waals surface area contributed by atoms with E-state index in [1.165, 1.54) is 5.56 Å². The van der Waals surface area contributed by atoms with Gasteiger partial charge in [0.25, 0.3) is 0 Å². The van der Waals surface area contributed by atoms with Crippen molar-refractivity contribution < 1.29 is 8.42 Å². The van der Waals surface area contributed by atoms with Crippen LogP contribution in [0.5, 0.6) is 0 Å². The smallest absolute Gasteiger partial charge is 0.243 e. The van der Waals surface area contributed by atoms with Crippen LogP contribution in [-0.4, -0.2) is 25.3 Å². The fourth-order valence-corrected chi connectivity index (χ4v) is 4.98. The quantitative estimate of drug-likeness (QED) is 0.897. The largest absolute Gasteiger partial charge is 0.309 e. The van der Waals surface area contributed by atoms with Gasteiger partial charge in [0.05, 0.1) is 4.90 Å². The Bertz CT molecular complexity index is 597. The summed E-state index contributed by atoms with van der Waals surface area (Å²) in [5, 5.41) is 3.24. The molecule has 5 heteroatoms. The van der Waals surface area contributed by atoms with Crippen molar-refractivity contribution in [2.45, 2.75) is 44.3 Å². The number of rotatable bonds is 2. The summed E-state index contributed by atoms with van der Waals surface area (Å²) < 4.78 is 27.0. The third-order valence-electron chi connectivity index (χ3n) is 4.14. The van der Waals surface area contributed by atoms with Crippen molar-refractivity contribution >= 4 is 10.0 Å². The zero-order valence-corrected chi connectivity index (χ0v) is 12.2. The van der Waals surface area contributed by atoms with Gasteiger partial charge in [-0.05, 0) is 42.5 Å². The van der Waals surface area contributed by atoms with Crippen LogP contribution in [0.25, 0.3) is 0 Å². The highest BCUT2D eigenvalue weighted by atomic mass is 32.2. The van der Waals surface area contributed by atoms with E-state index < -0.39 is 10.0 Å². The van der Waals surface area contributed by atoms with Crippen LogP contribution in [0.15, 0.2) is 23.1 Å².